The quantitative estimate of drug-likeness (QED) is 0.740. The monoisotopic (exact) mass is 270 g/mol. The topological polar surface area (TPSA) is 92.1 Å². The number of carbonyl (C=O) groups excluding carboxylic acids is 1. The van der Waals surface area contributed by atoms with Crippen LogP contribution in [-0.2, 0) is 13.0 Å². The molecule has 1 aromatic heterocycles. The van der Waals surface area contributed by atoms with Crippen LogP contribution in [0.4, 0.5) is 5.69 Å². The van der Waals surface area contributed by atoms with Crippen LogP contribution in [0.2, 0.25) is 0 Å². The Kier molecular flexibility index (Phi) is 2.98. The average Bonchev–Trinajstić information content (AvgIpc) is 2.47. The number of nitrogens with one attached hydrogen (secondary N) is 1. The van der Waals surface area contributed by atoms with E-state index in [0.29, 0.717) is 13.1 Å². The van der Waals surface area contributed by atoms with Crippen molar-refractivity contribution in [2.75, 3.05) is 12.3 Å². The van der Waals surface area contributed by atoms with Crippen LogP contribution in [0.25, 0.3) is 0 Å². The van der Waals surface area contributed by atoms with Crippen molar-refractivity contribution in [2.45, 2.75) is 13.0 Å². The van der Waals surface area contributed by atoms with E-state index in [1.165, 1.54) is 6.20 Å². The van der Waals surface area contributed by atoms with Gasteiger partial charge in [0.25, 0.3) is 11.5 Å². The number of carbonyl (C=O) groups is 1. The summed E-state index contributed by atoms with van der Waals surface area (Å²) in [6, 6.07) is 5.74. The predicted octanol–water partition coefficient (Wildman–Crippen LogP) is 0.551. The van der Waals surface area contributed by atoms with Crippen molar-refractivity contribution in [1.29, 1.82) is 0 Å². The normalized spacial score (nSPS) is 13.9. The van der Waals surface area contributed by atoms with Gasteiger partial charge in [0.15, 0.2) is 0 Å². The fourth-order valence-electron chi connectivity index (χ4n) is 2.43. The van der Waals surface area contributed by atoms with Gasteiger partial charge in [-0.3, -0.25) is 9.59 Å². The Labute approximate surface area is 115 Å². The summed E-state index contributed by atoms with van der Waals surface area (Å²) in [5, 5.41) is 0. The standard InChI is InChI=1S/C14H14N4O2/c15-11-3-1-2-9-8-18(5-4-10(9)11)14(20)12-6-17-13(19)7-16-12/h1-3,6-7H,4-5,8,15H2,(H,17,19). The summed E-state index contributed by atoms with van der Waals surface area (Å²) in [7, 11) is 0. The maximum atomic E-state index is 12.3. The summed E-state index contributed by atoms with van der Waals surface area (Å²) in [4.78, 5) is 31.3. The van der Waals surface area contributed by atoms with Gasteiger partial charge in [-0.1, -0.05) is 12.1 Å². The minimum absolute atomic E-state index is 0.186. The molecule has 0 spiro atoms. The highest BCUT2D eigenvalue weighted by Gasteiger charge is 2.23. The number of amides is 1. The molecule has 0 fully saturated rings. The highest BCUT2D eigenvalue weighted by atomic mass is 16.2. The van der Waals surface area contributed by atoms with Crippen LogP contribution in [0.1, 0.15) is 21.6 Å². The van der Waals surface area contributed by atoms with E-state index in [-0.39, 0.29) is 17.2 Å². The third-order valence-electron chi connectivity index (χ3n) is 3.48. The molecule has 1 aliphatic rings. The number of H-pyrrole nitrogens is 1. The summed E-state index contributed by atoms with van der Waals surface area (Å²) in [6.45, 7) is 1.11. The van der Waals surface area contributed by atoms with Crippen LogP contribution in [0.5, 0.6) is 0 Å². The van der Waals surface area contributed by atoms with E-state index in [9.17, 15) is 9.59 Å². The van der Waals surface area contributed by atoms with E-state index in [2.05, 4.69) is 9.97 Å². The summed E-state index contributed by atoms with van der Waals surface area (Å²) >= 11 is 0. The molecule has 0 bridgehead atoms. The maximum absolute atomic E-state index is 12.3. The van der Waals surface area contributed by atoms with E-state index in [1.807, 2.05) is 18.2 Å². The second-order valence-electron chi connectivity index (χ2n) is 4.76. The van der Waals surface area contributed by atoms with E-state index in [4.69, 9.17) is 5.73 Å². The number of hydrogen-bond acceptors (Lipinski definition) is 4. The first kappa shape index (κ1) is 12.4. The van der Waals surface area contributed by atoms with Crippen molar-refractivity contribution in [3.8, 4) is 0 Å². The molecule has 6 heteroatoms. The van der Waals surface area contributed by atoms with E-state index >= 15 is 0 Å². The van der Waals surface area contributed by atoms with Crippen LogP contribution < -0.4 is 11.3 Å². The van der Waals surface area contributed by atoms with Gasteiger partial charge >= 0.3 is 0 Å². The molecule has 0 atom stereocenters. The Hall–Kier alpha value is -2.63. The summed E-state index contributed by atoms with van der Waals surface area (Å²) in [6.07, 6.45) is 3.19. The fourth-order valence-corrected chi connectivity index (χ4v) is 2.43. The lowest BCUT2D eigenvalue weighted by Crippen LogP contribution is -2.37. The van der Waals surface area contributed by atoms with Gasteiger partial charge in [0.05, 0.1) is 6.20 Å². The Morgan fingerprint density at radius 1 is 1.40 bits per heavy atom. The van der Waals surface area contributed by atoms with Gasteiger partial charge in [0.1, 0.15) is 5.69 Å². The van der Waals surface area contributed by atoms with Gasteiger partial charge in [0, 0.05) is 25.0 Å². The zero-order chi connectivity index (χ0) is 14.1. The van der Waals surface area contributed by atoms with Crippen molar-refractivity contribution < 1.29 is 4.79 Å². The van der Waals surface area contributed by atoms with Gasteiger partial charge in [-0.2, -0.15) is 0 Å². The Morgan fingerprint density at radius 3 is 3.00 bits per heavy atom. The number of nitrogens with zero attached hydrogens (tertiary/aromatic N) is 2. The lowest BCUT2D eigenvalue weighted by molar-refractivity contribution is 0.0728. The summed E-state index contributed by atoms with van der Waals surface area (Å²) in [5.41, 5.74) is 8.82. The molecular formula is C14H14N4O2. The molecule has 0 saturated carbocycles. The van der Waals surface area contributed by atoms with Crippen molar-refractivity contribution in [3.63, 3.8) is 0 Å². The second-order valence-corrected chi connectivity index (χ2v) is 4.76. The molecule has 6 nitrogen and oxygen atoms in total. The first-order valence-electron chi connectivity index (χ1n) is 6.35. The minimum atomic E-state index is -0.321. The minimum Gasteiger partial charge on any atom is -0.398 e. The first-order chi connectivity index (χ1) is 9.65. The molecule has 3 rings (SSSR count). The highest BCUT2D eigenvalue weighted by molar-refractivity contribution is 5.92. The zero-order valence-electron chi connectivity index (χ0n) is 10.8. The second kappa shape index (κ2) is 4.80. The highest BCUT2D eigenvalue weighted by Crippen LogP contribution is 2.24. The van der Waals surface area contributed by atoms with Crippen molar-refractivity contribution in [3.05, 3.63) is 57.8 Å². The average molecular weight is 270 g/mol. The van der Waals surface area contributed by atoms with E-state index in [0.717, 1.165) is 29.4 Å². The Balaban J connectivity index is 1.85. The van der Waals surface area contributed by atoms with Gasteiger partial charge in [-0.05, 0) is 23.6 Å². The number of anilines is 1. The zero-order valence-corrected chi connectivity index (χ0v) is 10.8. The number of fused-ring (bicyclic) bond motifs is 1. The number of nitrogens with two attached hydrogens (primary N) is 1. The molecular weight excluding hydrogens is 256 g/mol. The van der Waals surface area contributed by atoms with Gasteiger partial charge in [0.2, 0.25) is 0 Å². The smallest absolute Gasteiger partial charge is 0.274 e. The van der Waals surface area contributed by atoms with Gasteiger partial charge in [-0.25, -0.2) is 4.98 Å². The molecule has 0 saturated heterocycles. The molecule has 1 amide bonds. The molecule has 1 aromatic carbocycles. The number of aromatic nitrogens is 2. The van der Waals surface area contributed by atoms with Crippen LogP contribution >= 0.6 is 0 Å². The molecule has 102 valence electrons. The van der Waals surface area contributed by atoms with Crippen molar-refractivity contribution in [1.82, 2.24) is 14.9 Å². The molecule has 2 heterocycles. The number of hydrogen-bond donors (Lipinski definition) is 2. The van der Waals surface area contributed by atoms with Crippen molar-refractivity contribution >= 4 is 11.6 Å². The van der Waals surface area contributed by atoms with Crippen LogP contribution in [0, 0.1) is 0 Å². The van der Waals surface area contributed by atoms with Crippen LogP contribution in [0.15, 0.2) is 35.4 Å². The number of benzene rings is 1. The lowest BCUT2D eigenvalue weighted by Gasteiger charge is -2.29. The molecule has 0 radical (unpaired) electrons. The lowest BCUT2D eigenvalue weighted by atomic mass is 9.98. The van der Waals surface area contributed by atoms with Crippen LogP contribution in [-0.4, -0.2) is 27.3 Å². The third-order valence-corrected chi connectivity index (χ3v) is 3.48. The predicted molar refractivity (Wildman–Crippen MR) is 74.2 cm³/mol. The number of aromatic amines is 1. The first-order valence-corrected chi connectivity index (χ1v) is 6.35. The molecule has 0 unspecified atom stereocenters. The summed E-state index contributed by atoms with van der Waals surface area (Å²) < 4.78 is 0. The van der Waals surface area contributed by atoms with E-state index < -0.39 is 0 Å². The molecule has 20 heavy (non-hydrogen) atoms. The maximum Gasteiger partial charge on any atom is 0.274 e. The molecule has 2 aromatic rings. The molecule has 0 aliphatic carbocycles. The number of nitrogen functional groups attached to an aromatic ring is 1. The van der Waals surface area contributed by atoms with Gasteiger partial charge in [-0.15, -0.1) is 0 Å². The van der Waals surface area contributed by atoms with Crippen molar-refractivity contribution in [2.24, 2.45) is 0 Å². The Morgan fingerprint density at radius 2 is 2.25 bits per heavy atom. The van der Waals surface area contributed by atoms with Gasteiger partial charge < -0.3 is 15.6 Å². The van der Waals surface area contributed by atoms with Crippen LogP contribution in [0.3, 0.4) is 0 Å². The third kappa shape index (κ3) is 2.16. The fraction of sp³-hybridized carbons (Fsp3) is 0.214. The summed E-state index contributed by atoms with van der Waals surface area (Å²) in [5.74, 6) is -0.186. The molecule has 1 aliphatic heterocycles. The largest absolute Gasteiger partial charge is 0.398 e. The Bertz CT molecular complexity index is 703. The molecule has 3 N–H and O–H groups in total. The van der Waals surface area contributed by atoms with E-state index in [1.54, 1.807) is 4.90 Å². The number of rotatable bonds is 1. The SMILES string of the molecule is Nc1cccc2c1CCN(C(=O)c1c[nH]c(=O)cn1)C2.